The molecule has 0 aromatic carbocycles. The Morgan fingerprint density at radius 1 is 1.60 bits per heavy atom. The standard InChI is InChI=1S/C7H12N2O/c1-3-4-5-9-7(10)6-8-2/h8H,5-6H2,1-2H3,(H,9,10). The van der Waals surface area contributed by atoms with Crippen LogP contribution in [0, 0.1) is 11.8 Å². The van der Waals surface area contributed by atoms with Crippen molar-refractivity contribution in [1.29, 1.82) is 0 Å². The van der Waals surface area contributed by atoms with Gasteiger partial charge in [0.2, 0.25) is 5.91 Å². The molecular formula is C7H12N2O. The van der Waals surface area contributed by atoms with E-state index in [1.807, 2.05) is 0 Å². The summed E-state index contributed by atoms with van der Waals surface area (Å²) < 4.78 is 0. The minimum atomic E-state index is -0.0229. The van der Waals surface area contributed by atoms with Crippen molar-refractivity contribution in [3.8, 4) is 11.8 Å². The molecule has 0 heterocycles. The zero-order valence-electron chi connectivity index (χ0n) is 6.32. The van der Waals surface area contributed by atoms with E-state index in [9.17, 15) is 4.79 Å². The highest BCUT2D eigenvalue weighted by Crippen LogP contribution is 1.60. The summed E-state index contributed by atoms with van der Waals surface area (Å²) in [5.74, 6) is 5.38. The lowest BCUT2D eigenvalue weighted by Gasteiger charge is -1.97. The molecule has 0 aromatic heterocycles. The molecular weight excluding hydrogens is 128 g/mol. The van der Waals surface area contributed by atoms with Crippen LogP contribution in [-0.2, 0) is 4.79 Å². The molecule has 0 aliphatic heterocycles. The van der Waals surface area contributed by atoms with E-state index in [1.54, 1.807) is 14.0 Å². The Balaban J connectivity index is 3.27. The summed E-state index contributed by atoms with van der Waals surface area (Å²) in [6, 6.07) is 0. The molecule has 56 valence electrons. The van der Waals surface area contributed by atoms with Gasteiger partial charge in [-0.2, -0.15) is 0 Å². The molecule has 0 bridgehead atoms. The molecule has 0 radical (unpaired) electrons. The van der Waals surface area contributed by atoms with Gasteiger partial charge >= 0.3 is 0 Å². The van der Waals surface area contributed by atoms with Crippen LogP contribution in [0.25, 0.3) is 0 Å². The van der Waals surface area contributed by atoms with Gasteiger partial charge in [0, 0.05) is 0 Å². The van der Waals surface area contributed by atoms with Gasteiger partial charge in [0.1, 0.15) is 0 Å². The average molecular weight is 140 g/mol. The number of carbonyl (C=O) groups excluding carboxylic acids is 1. The highest BCUT2D eigenvalue weighted by Gasteiger charge is 1.93. The van der Waals surface area contributed by atoms with E-state index in [1.165, 1.54) is 0 Å². The summed E-state index contributed by atoms with van der Waals surface area (Å²) in [5.41, 5.74) is 0. The first-order valence-electron chi connectivity index (χ1n) is 3.12. The third kappa shape index (κ3) is 5.13. The van der Waals surface area contributed by atoms with Gasteiger partial charge in [-0.1, -0.05) is 5.92 Å². The van der Waals surface area contributed by atoms with E-state index in [0.29, 0.717) is 13.1 Å². The SMILES string of the molecule is CC#CCNC(=O)CNC. The first kappa shape index (κ1) is 8.99. The van der Waals surface area contributed by atoms with Crippen molar-refractivity contribution >= 4 is 5.91 Å². The predicted octanol–water partition coefficient (Wildman–Crippen LogP) is -0.655. The lowest BCUT2D eigenvalue weighted by molar-refractivity contribution is -0.119. The van der Waals surface area contributed by atoms with Crippen LogP contribution in [0.5, 0.6) is 0 Å². The van der Waals surface area contributed by atoms with Gasteiger partial charge in [-0.05, 0) is 14.0 Å². The van der Waals surface area contributed by atoms with E-state index in [2.05, 4.69) is 22.5 Å². The Labute approximate surface area is 61.2 Å². The third-order valence-electron chi connectivity index (χ3n) is 0.888. The number of rotatable bonds is 3. The van der Waals surface area contributed by atoms with E-state index in [0.717, 1.165) is 0 Å². The van der Waals surface area contributed by atoms with Crippen LogP contribution in [0.3, 0.4) is 0 Å². The average Bonchev–Trinajstić information content (AvgIpc) is 1.89. The van der Waals surface area contributed by atoms with Crippen LogP contribution in [0.4, 0.5) is 0 Å². The van der Waals surface area contributed by atoms with Crippen LogP contribution in [-0.4, -0.2) is 26.0 Å². The zero-order chi connectivity index (χ0) is 7.82. The van der Waals surface area contributed by atoms with Gasteiger partial charge in [0.15, 0.2) is 0 Å². The predicted molar refractivity (Wildman–Crippen MR) is 40.4 cm³/mol. The molecule has 3 heteroatoms. The number of hydrogen-bond acceptors (Lipinski definition) is 2. The van der Waals surface area contributed by atoms with Gasteiger partial charge in [0.25, 0.3) is 0 Å². The molecule has 2 N–H and O–H groups in total. The molecule has 0 rings (SSSR count). The van der Waals surface area contributed by atoms with Gasteiger partial charge in [-0.25, -0.2) is 0 Å². The van der Waals surface area contributed by atoms with Crippen molar-refractivity contribution in [2.24, 2.45) is 0 Å². The Kier molecular flexibility index (Phi) is 5.50. The van der Waals surface area contributed by atoms with Crippen molar-refractivity contribution in [1.82, 2.24) is 10.6 Å². The highest BCUT2D eigenvalue weighted by atomic mass is 16.1. The second-order valence-electron chi connectivity index (χ2n) is 1.73. The third-order valence-corrected chi connectivity index (χ3v) is 0.888. The number of likely N-dealkylation sites (N-methyl/N-ethyl adjacent to an activating group) is 1. The molecule has 0 saturated carbocycles. The summed E-state index contributed by atoms with van der Waals surface area (Å²) in [6.07, 6.45) is 0. The van der Waals surface area contributed by atoms with Crippen LogP contribution in [0.2, 0.25) is 0 Å². The fourth-order valence-corrected chi connectivity index (χ4v) is 0.454. The molecule has 10 heavy (non-hydrogen) atoms. The van der Waals surface area contributed by atoms with Gasteiger partial charge in [-0.15, -0.1) is 5.92 Å². The largest absolute Gasteiger partial charge is 0.344 e. The molecule has 0 spiro atoms. The minimum Gasteiger partial charge on any atom is -0.344 e. The number of carbonyl (C=O) groups is 1. The van der Waals surface area contributed by atoms with E-state index >= 15 is 0 Å². The Morgan fingerprint density at radius 2 is 2.30 bits per heavy atom. The maximum Gasteiger partial charge on any atom is 0.234 e. The van der Waals surface area contributed by atoms with Crippen LogP contribution in [0.15, 0.2) is 0 Å². The van der Waals surface area contributed by atoms with Crippen molar-refractivity contribution in [2.75, 3.05) is 20.1 Å². The fourth-order valence-electron chi connectivity index (χ4n) is 0.454. The van der Waals surface area contributed by atoms with Crippen molar-refractivity contribution in [3.05, 3.63) is 0 Å². The van der Waals surface area contributed by atoms with Crippen LogP contribution >= 0.6 is 0 Å². The second-order valence-corrected chi connectivity index (χ2v) is 1.73. The molecule has 3 nitrogen and oxygen atoms in total. The first-order chi connectivity index (χ1) is 4.81. The monoisotopic (exact) mass is 140 g/mol. The maximum atomic E-state index is 10.7. The smallest absolute Gasteiger partial charge is 0.234 e. The maximum absolute atomic E-state index is 10.7. The lowest BCUT2D eigenvalue weighted by atomic mass is 10.5. The molecule has 0 fully saturated rings. The molecule has 0 unspecified atom stereocenters. The number of nitrogens with one attached hydrogen (secondary N) is 2. The number of amides is 1. The molecule has 0 saturated heterocycles. The fraction of sp³-hybridized carbons (Fsp3) is 0.571. The van der Waals surface area contributed by atoms with Gasteiger partial charge in [0.05, 0.1) is 13.1 Å². The summed E-state index contributed by atoms with van der Waals surface area (Å²) in [4.78, 5) is 10.7. The summed E-state index contributed by atoms with van der Waals surface area (Å²) in [5, 5.41) is 5.34. The van der Waals surface area contributed by atoms with E-state index in [-0.39, 0.29) is 5.91 Å². The molecule has 0 atom stereocenters. The normalized spacial score (nSPS) is 7.80. The Hall–Kier alpha value is -1.01. The highest BCUT2D eigenvalue weighted by molar-refractivity contribution is 5.78. The van der Waals surface area contributed by atoms with Gasteiger partial charge in [-0.3, -0.25) is 4.79 Å². The second kappa shape index (κ2) is 6.12. The van der Waals surface area contributed by atoms with E-state index in [4.69, 9.17) is 0 Å². The van der Waals surface area contributed by atoms with Crippen molar-refractivity contribution < 1.29 is 4.79 Å². The lowest BCUT2D eigenvalue weighted by Crippen LogP contribution is -2.32. The zero-order valence-corrected chi connectivity index (χ0v) is 6.32. The van der Waals surface area contributed by atoms with Crippen molar-refractivity contribution in [3.63, 3.8) is 0 Å². The molecule has 1 amide bonds. The number of hydrogen-bond donors (Lipinski definition) is 2. The van der Waals surface area contributed by atoms with Gasteiger partial charge < -0.3 is 10.6 Å². The van der Waals surface area contributed by atoms with Crippen LogP contribution < -0.4 is 10.6 Å². The molecule has 0 aliphatic carbocycles. The summed E-state index contributed by atoms with van der Waals surface area (Å²) in [7, 11) is 1.73. The summed E-state index contributed by atoms with van der Waals surface area (Å²) >= 11 is 0. The first-order valence-corrected chi connectivity index (χ1v) is 3.12. The summed E-state index contributed by atoms with van der Waals surface area (Å²) in [6.45, 7) is 2.53. The topological polar surface area (TPSA) is 41.1 Å². The quantitative estimate of drug-likeness (QED) is 0.511. The van der Waals surface area contributed by atoms with Crippen molar-refractivity contribution in [2.45, 2.75) is 6.92 Å². The molecule has 0 aromatic rings. The Bertz CT molecular complexity index is 155. The Morgan fingerprint density at radius 3 is 2.80 bits per heavy atom. The van der Waals surface area contributed by atoms with E-state index < -0.39 is 0 Å². The van der Waals surface area contributed by atoms with Crippen LogP contribution in [0.1, 0.15) is 6.92 Å². The molecule has 0 aliphatic rings. The minimum absolute atomic E-state index is 0.0229.